The number of benzene rings is 2. The fraction of sp³-hybridized carbons (Fsp3) is 0.0625. The first-order valence-corrected chi connectivity index (χ1v) is 7.68. The number of rotatable bonds is 4. The molecule has 0 fully saturated rings. The van der Waals surface area contributed by atoms with Crippen LogP contribution in [0.15, 0.2) is 59.8 Å². The van der Waals surface area contributed by atoms with Crippen molar-refractivity contribution in [1.82, 2.24) is 15.3 Å². The van der Waals surface area contributed by atoms with Gasteiger partial charge in [-0.2, -0.15) is 0 Å². The molecule has 0 aliphatic rings. The Kier molecular flexibility index (Phi) is 4.20. The van der Waals surface area contributed by atoms with Crippen LogP contribution in [0.4, 0.5) is 0 Å². The van der Waals surface area contributed by atoms with Crippen LogP contribution in [-0.4, -0.2) is 27.5 Å². The Morgan fingerprint density at radius 1 is 1.05 bits per heavy atom. The Morgan fingerprint density at radius 3 is 2.55 bits per heavy atom. The molecule has 110 valence electrons. The molecule has 22 heavy (non-hydrogen) atoms. The lowest BCUT2D eigenvalue weighted by Gasteiger charge is -2.02. The Labute approximate surface area is 131 Å². The van der Waals surface area contributed by atoms with Gasteiger partial charge in [-0.25, -0.2) is 4.98 Å². The number of H-pyrrole nitrogens is 1. The van der Waals surface area contributed by atoms with Crippen LogP contribution in [0.5, 0.6) is 0 Å². The zero-order chi connectivity index (χ0) is 15.4. The third-order valence-corrected chi connectivity index (χ3v) is 3.87. The van der Waals surface area contributed by atoms with E-state index in [0.717, 1.165) is 11.0 Å². The van der Waals surface area contributed by atoms with Gasteiger partial charge in [-0.05, 0) is 24.3 Å². The molecular weight excluding hydrogens is 298 g/mol. The van der Waals surface area contributed by atoms with Crippen LogP contribution in [0, 0.1) is 0 Å². The average molecular weight is 311 g/mol. The zero-order valence-corrected chi connectivity index (χ0v) is 12.4. The van der Waals surface area contributed by atoms with Crippen molar-refractivity contribution in [3.05, 3.63) is 60.2 Å². The van der Waals surface area contributed by atoms with Crippen LogP contribution in [0.2, 0.25) is 0 Å². The number of imidazole rings is 1. The molecule has 0 aliphatic carbocycles. The molecule has 1 aromatic heterocycles. The lowest BCUT2D eigenvalue weighted by molar-refractivity contribution is -0.117. The van der Waals surface area contributed by atoms with Crippen molar-refractivity contribution in [2.45, 2.75) is 5.16 Å². The lowest BCUT2D eigenvalue weighted by Crippen LogP contribution is -2.31. The molecule has 6 heteroatoms. The summed E-state index contributed by atoms with van der Waals surface area (Å²) in [6, 6.07) is 16.3. The highest BCUT2D eigenvalue weighted by Gasteiger charge is 2.11. The van der Waals surface area contributed by atoms with Gasteiger partial charge in [-0.15, -0.1) is 0 Å². The molecule has 0 saturated carbocycles. The molecule has 0 aliphatic heterocycles. The van der Waals surface area contributed by atoms with E-state index in [2.05, 4.69) is 15.3 Å². The van der Waals surface area contributed by atoms with Crippen LogP contribution < -0.4 is 5.32 Å². The number of carbonyl (C=O) groups excluding carboxylic acids is 2. The van der Waals surface area contributed by atoms with E-state index >= 15 is 0 Å². The van der Waals surface area contributed by atoms with E-state index in [9.17, 15) is 9.59 Å². The Bertz CT molecular complexity index is 781. The topological polar surface area (TPSA) is 74.8 Å². The molecule has 5 nitrogen and oxygen atoms in total. The van der Waals surface area contributed by atoms with Gasteiger partial charge in [0.1, 0.15) is 0 Å². The summed E-state index contributed by atoms with van der Waals surface area (Å²) >= 11 is 1.26. The smallest absolute Gasteiger partial charge is 0.257 e. The van der Waals surface area contributed by atoms with Gasteiger partial charge < -0.3 is 4.98 Å². The Hall–Kier alpha value is -2.60. The Morgan fingerprint density at radius 2 is 1.77 bits per heavy atom. The first-order valence-electron chi connectivity index (χ1n) is 6.69. The van der Waals surface area contributed by atoms with Crippen molar-refractivity contribution >= 4 is 34.6 Å². The van der Waals surface area contributed by atoms with Gasteiger partial charge in [0.2, 0.25) is 5.91 Å². The van der Waals surface area contributed by atoms with Crippen LogP contribution in [-0.2, 0) is 4.79 Å². The quantitative estimate of drug-likeness (QED) is 0.726. The molecule has 0 saturated heterocycles. The first kappa shape index (κ1) is 14.3. The van der Waals surface area contributed by atoms with Gasteiger partial charge in [0.15, 0.2) is 5.16 Å². The van der Waals surface area contributed by atoms with Crippen molar-refractivity contribution in [3.63, 3.8) is 0 Å². The summed E-state index contributed by atoms with van der Waals surface area (Å²) in [7, 11) is 0. The summed E-state index contributed by atoms with van der Waals surface area (Å²) in [4.78, 5) is 31.2. The minimum Gasteiger partial charge on any atom is -0.333 e. The van der Waals surface area contributed by atoms with Crippen molar-refractivity contribution in [3.8, 4) is 0 Å². The number of carbonyl (C=O) groups is 2. The fourth-order valence-electron chi connectivity index (χ4n) is 1.96. The van der Waals surface area contributed by atoms with Gasteiger partial charge in [-0.1, -0.05) is 42.1 Å². The molecule has 3 rings (SSSR count). The predicted octanol–water partition coefficient (Wildman–Crippen LogP) is 2.61. The summed E-state index contributed by atoms with van der Waals surface area (Å²) < 4.78 is 0. The molecule has 2 amide bonds. The number of hydrogen-bond donors (Lipinski definition) is 2. The van der Waals surface area contributed by atoms with E-state index in [1.54, 1.807) is 24.3 Å². The summed E-state index contributed by atoms with van der Waals surface area (Å²) in [5.41, 5.74) is 2.24. The largest absolute Gasteiger partial charge is 0.333 e. The van der Waals surface area contributed by atoms with E-state index < -0.39 is 5.91 Å². The molecule has 2 N–H and O–H groups in total. The highest BCUT2D eigenvalue weighted by atomic mass is 32.2. The minimum absolute atomic E-state index is 0.123. The molecule has 0 unspecified atom stereocenters. The van der Waals surface area contributed by atoms with Crippen molar-refractivity contribution in [1.29, 1.82) is 0 Å². The van der Waals surface area contributed by atoms with Crippen LogP contribution in [0.1, 0.15) is 10.4 Å². The molecule has 0 bridgehead atoms. The number of nitrogens with zero attached hydrogens (tertiary/aromatic N) is 1. The third-order valence-electron chi connectivity index (χ3n) is 3.00. The number of aromatic amines is 1. The SMILES string of the molecule is O=C(CSc1nc2ccccc2[nH]1)NC(=O)c1ccccc1. The van der Waals surface area contributed by atoms with E-state index in [4.69, 9.17) is 0 Å². The second-order valence-electron chi connectivity index (χ2n) is 4.59. The third kappa shape index (κ3) is 3.35. The van der Waals surface area contributed by atoms with E-state index in [1.165, 1.54) is 11.8 Å². The predicted molar refractivity (Wildman–Crippen MR) is 85.7 cm³/mol. The fourth-order valence-corrected chi connectivity index (χ4v) is 2.64. The molecule has 0 atom stereocenters. The number of imide groups is 1. The normalized spacial score (nSPS) is 10.5. The minimum atomic E-state index is -0.393. The molecule has 0 radical (unpaired) electrons. The van der Waals surface area contributed by atoms with Crippen LogP contribution in [0.3, 0.4) is 0 Å². The standard InChI is InChI=1S/C16H13N3O2S/c20-14(19-15(21)11-6-2-1-3-7-11)10-22-16-17-12-8-4-5-9-13(12)18-16/h1-9H,10H2,(H,17,18)(H,19,20,21). The number of thioether (sulfide) groups is 1. The molecule has 2 aromatic carbocycles. The maximum absolute atomic E-state index is 11.8. The molecule has 3 aromatic rings. The van der Waals surface area contributed by atoms with Gasteiger partial charge in [0.05, 0.1) is 16.8 Å². The van der Waals surface area contributed by atoms with Gasteiger partial charge >= 0.3 is 0 Å². The maximum atomic E-state index is 11.8. The maximum Gasteiger partial charge on any atom is 0.257 e. The van der Waals surface area contributed by atoms with Crippen LogP contribution >= 0.6 is 11.8 Å². The van der Waals surface area contributed by atoms with E-state index in [0.29, 0.717) is 10.7 Å². The van der Waals surface area contributed by atoms with E-state index in [1.807, 2.05) is 30.3 Å². The second kappa shape index (κ2) is 6.44. The number of aromatic nitrogens is 2. The molecular formula is C16H13N3O2S. The monoisotopic (exact) mass is 311 g/mol. The molecule has 1 heterocycles. The highest BCUT2D eigenvalue weighted by Crippen LogP contribution is 2.18. The van der Waals surface area contributed by atoms with Crippen molar-refractivity contribution in [2.24, 2.45) is 0 Å². The number of hydrogen-bond acceptors (Lipinski definition) is 4. The van der Waals surface area contributed by atoms with Crippen molar-refractivity contribution < 1.29 is 9.59 Å². The first-order chi connectivity index (χ1) is 10.7. The number of nitrogens with one attached hydrogen (secondary N) is 2. The second-order valence-corrected chi connectivity index (χ2v) is 5.56. The summed E-state index contributed by atoms with van der Waals surface area (Å²) in [6.07, 6.45) is 0. The lowest BCUT2D eigenvalue weighted by atomic mass is 10.2. The van der Waals surface area contributed by atoms with Gasteiger partial charge in [-0.3, -0.25) is 14.9 Å². The van der Waals surface area contributed by atoms with Gasteiger partial charge in [0.25, 0.3) is 5.91 Å². The summed E-state index contributed by atoms with van der Waals surface area (Å²) in [5.74, 6) is -0.617. The zero-order valence-electron chi connectivity index (χ0n) is 11.6. The average Bonchev–Trinajstić information content (AvgIpc) is 2.96. The van der Waals surface area contributed by atoms with Crippen molar-refractivity contribution in [2.75, 3.05) is 5.75 Å². The van der Waals surface area contributed by atoms with Gasteiger partial charge in [0, 0.05) is 5.56 Å². The Balaban J connectivity index is 1.57. The van der Waals surface area contributed by atoms with E-state index in [-0.39, 0.29) is 11.7 Å². The van der Waals surface area contributed by atoms with Crippen LogP contribution in [0.25, 0.3) is 11.0 Å². The molecule has 0 spiro atoms. The summed E-state index contributed by atoms with van der Waals surface area (Å²) in [6.45, 7) is 0. The summed E-state index contributed by atoms with van der Waals surface area (Å²) in [5, 5.41) is 3.02. The highest BCUT2D eigenvalue weighted by molar-refractivity contribution is 7.99. The number of para-hydroxylation sites is 2. The number of amides is 2. The number of fused-ring (bicyclic) bond motifs is 1.